The van der Waals surface area contributed by atoms with Crippen molar-refractivity contribution in [3.63, 3.8) is 0 Å². The van der Waals surface area contributed by atoms with E-state index in [1.54, 1.807) is 18.2 Å². The van der Waals surface area contributed by atoms with Gasteiger partial charge in [0.2, 0.25) is 5.75 Å². The van der Waals surface area contributed by atoms with Crippen molar-refractivity contribution in [3.05, 3.63) is 99.1 Å². The Morgan fingerprint density at radius 2 is 1.71 bits per heavy atom. The number of hydrogen-bond donors (Lipinski definition) is 0. The van der Waals surface area contributed by atoms with Gasteiger partial charge < -0.3 is 4.74 Å². The van der Waals surface area contributed by atoms with Gasteiger partial charge in [0.25, 0.3) is 0 Å². The minimum atomic E-state index is -4.70. The number of hydrogen-bond acceptors (Lipinski definition) is 4. The molecule has 0 bridgehead atoms. The molecule has 0 aliphatic rings. The van der Waals surface area contributed by atoms with Gasteiger partial charge in [0, 0.05) is 6.07 Å². The molecule has 3 rings (SSSR count). The summed E-state index contributed by atoms with van der Waals surface area (Å²) < 4.78 is 43.9. The maximum Gasteiger partial charge on any atom is 0.416 e. The number of nitro groups is 1. The molecule has 0 atom stereocenters. The molecule has 0 radical (unpaired) electrons. The lowest BCUT2D eigenvalue weighted by molar-refractivity contribution is -0.385. The quantitative estimate of drug-likeness (QED) is 0.196. The zero-order valence-corrected chi connectivity index (χ0v) is 16.2. The number of halogens is 3. The van der Waals surface area contributed by atoms with Gasteiger partial charge in [0.15, 0.2) is 0 Å². The molecule has 0 spiro atoms. The van der Waals surface area contributed by atoms with Crippen molar-refractivity contribution in [2.24, 2.45) is 0 Å². The zero-order valence-electron chi connectivity index (χ0n) is 16.2. The number of allylic oxidation sites excluding steroid dienone is 1. The SMILES string of the molecule is Cc1ccc(/C(C#N)=C\c2ccc(Oc3ccc(C(F)(F)F)cc3[N+](=O)[O-])cc2)cc1. The summed E-state index contributed by atoms with van der Waals surface area (Å²) in [5.74, 6) is -0.104. The van der Waals surface area contributed by atoms with Crippen LogP contribution in [-0.2, 0) is 6.18 Å². The number of nitro benzene ring substituents is 1. The second-order valence-corrected chi connectivity index (χ2v) is 6.64. The smallest absolute Gasteiger partial charge is 0.416 e. The molecule has 0 aliphatic heterocycles. The first-order valence-electron chi connectivity index (χ1n) is 9.00. The molecule has 0 heterocycles. The van der Waals surface area contributed by atoms with Crippen LogP contribution in [0.25, 0.3) is 11.6 Å². The molecule has 3 aromatic carbocycles. The molecule has 31 heavy (non-hydrogen) atoms. The highest BCUT2D eigenvalue weighted by Gasteiger charge is 2.33. The van der Waals surface area contributed by atoms with Crippen molar-refractivity contribution in [2.45, 2.75) is 13.1 Å². The molecule has 8 heteroatoms. The summed E-state index contributed by atoms with van der Waals surface area (Å²) in [6.45, 7) is 1.94. The van der Waals surface area contributed by atoms with Crippen molar-refractivity contribution >= 4 is 17.3 Å². The third-order valence-corrected chi connectivity index (χ3v) is 4.38. The van der Waals surface area contributed by atoms with E-state index in [0.717, 1.165) is 23.3 Å². The summed E-state index contributed by atoms with van der Waals surface area (Å²) in [5, 5.41) is 20.6. The molecule has 156 valence electrons. The first-order valence-corrected chi connectivity index (χ1v) is 9.00. The van der Waals surface area contributed by atoms with Gasteiger partial charge in [-0.15, -0.1) is 0 Å². The van der Waals surface area contributed by atoms with E-state index in [0.29, 0.717) is 17.2 Å². The maximum atomic E-state index is 12.8. The summed E-state index contributed by atoms with van der Waals surface area (Å²) >= 11 is 0. The Labute approximate surface area is 175 Å². The predicted octanol–water partition coefficient (Wildman–Crippen LogP) is 6.78. The van der Waals surface area contributed by atoms with E-state index in [4.69, 9.17) is 4.74 Å². The summed E-state index contributed by atoms with van der Waals surface area (Å²) in [6.07, 6.45) is -3.03. The average Bonchev–Trinajstić information content (AvgIpc) is 2.73. The highest BCUT2D eigenvalue weighted by Crippen LogP contribution is 2.37. The van der Waals surface area contributed by atoms with E-state index in [2.05, 4.69) is 6.07 Å². The minimum absolute atomic E-state index is 0.203. The topological polar surface area (TPSA) is 76.2 Å². The molecule has 0 saturated heterocycles. The number of rotatable bonds is 5. The number of ether oxygens (including phenoxy) is 1. The summed E-state index contributed by atoms with van der Waals surface area (Å²) in [4.78, 5) is 10.2. The van der Waals surface area contributed by atoms with Crippen LogP contribution in [0.5, 0.6) is 11.5 Å². The molecule has 0 fully saturated rings. The molecule has 0 saturated carbocycles. The Balaban J connectivity index is 1.85. The lowest BCUT2D eigenvalue weighted by Crippen LogP contribution is -2.06. The maximum absolute atomic E-state index is 12.8. The van der Waals surface area contributed by atoms with Gasteiger partial charge in [-0.1, -0.05) is 42.0 Å². The Hall–Kier alpha value is -4.12. The van der Waals surface area contributed by atoms with Crippen molar-refractivity contribution in [1.82, 2.24) is 0 Å². The van der Waals surface area contributed by atoms with Crippen LogP contribution in [0.1, 0.15) is 22.3 Å². The Bertz CT molecular complexity index is 1180. The fraction of sp³-hybridized carbons (Fsp3) is 0.0870. The number of aryl methyl sites for hydroxylation is 1. The van der Waals surface area contributed by atoms with Crippen LogP contribution in [0.3, 0.4) is 0 Å². The third-order valence-electron chi connectivity index (χ3n) is 4.38. The normalized spacial score (nSPS) is 11.6. The van der Waals surface area contributed by atoms with E-state index < -0.39 is 22.4 Å². The van der Waals surface area contributed by atoms with Crippen molar-refractivity contribution in [1.29, 1.82) is 5.26 Å². The largest absolute Gasteiger partial charge is 0.450 e. The molecule has 0 aliphatic carbocycles. The molecule has 0 N–H and O–H groups in total. The van der Waals surface area contributed by atoms with Crippen LogP contribution in [0.4, 0.5) is 18.9 Å². The van der Waals surface area contributed by atoms with Crippen molar-refractivity contribution in [3.8, 4) is 17.6 Å². The van der Waals surface area contributed by atoms with Gasteiger partial charge in [-0.3, -0.25) is 10.1 Å². The summed E-state index contributed by atoms with van der Waals surface area (Å²) in [6, 6.07) is 18.0. The number of nitrogens with zero attached hydrogens (tertiary/aromatic N) is 2. The Morgan fingerprint density at radius 3 is 2.26 bits per heavy atom. The Kier molecular flexibility index (Phi) is 6.07. The molecule has 0 unspecified atom stereocenters. The molecule has 5 nitrogen and oxygen atoms in total. The number of nitriles is 1. The zero-order chi connectivity index (χ0) is 22.6. The van der Waals surface area contributed by atoms with Crippen LogP contribution < -0.4 is 4.74 Å². The minimum Gasteiger partial charge on any atom is -0.450 e. The van der Waals surface area contributed by atoms with Crippen molar-refractivity contribution in [2.75, 3.05) is 0 Å². The fourth-order valence-electron chi connectivity index (χ4n) is 2.76. The van der Waals surface area contributed by atoms with Gasteiger partial charge in [-0.25, -0.2) is 0 Å². The third kappa shape index (κ3) is 5.28. The molecular weight excluding hydrogens is 409 g/mol. The van der Waals surface area contributed by atoms with E-state index in [9.17, 15) is 28.5 Å². The van der Waals surface area contributed by atoms with Gasteiger partial charge in [-0.2, -0.15) is 18.4 Å². The molecule has 3 aromatic rings. The van der Waals surface area contributed by atoms with Crippen molar-refractivity contribution < 1.29 is 22.8 Å². The lowest BCUT2D eigenvalue weighted by Gasteiger charge is -2.10. The van der Waals surface area contributed by atoms with E-state index in [1.807, 2.05) is 31.2 Å². The van der Waals surface area contributed by atoms with E-state index in [-0.39, 0.29) is 11.5 Å². The predicted molar refractivity (Wildman–Crippen MR) is 109 cm³/mol. The van der Waals surface area contributed by atoms with E-state index >= 15 is 0 Å². The van der Waals surface area contributed by atoms with Crippen LogP contribution in [0.2, 0.25) is 0 Å². The van der Waals surface area contributed by atoms with Gasteiger partial charge in [-0.05, 0) is 48.4 Å². The monoisotopic (exact) mass is 424 g/mol. The highest BCUT2D eigenvalue weighted by molar-refractivity contribution is 5.89. The van der Waals surface area contributed by atoms with Gasteiger partial charge in [0.1, 0.15) is 5.75 Å². The lowest BCUT2D eigenvalue weighted by atomic mass is 10.0. The fourth-order valence-corrected chi connectivity index (χ4v) is 2.76. The first kappa shape index (κ1) is 21.6. The standard InChI is InChI=1S/C23H15F3N2O3/c1-15-2-6-17(7-3-15)18(14-27)12-16-4-9-20(10-5-16)31-22-11-8-19(23(24,25)26)13-21(22)28(29)30/h2-13H,1H3/b18-12-. The van der Waals surface area contributed by atoms with Gasteiger partial charge >= 0.3 is 11.9 Å². The summed E-state index contributed by atoms with van der Waals surface area (Å²) in [7, 11) is 0. The van der Waals surface area contributed by atoms with Crippen LogP contribution in [0, 0.1) is 28.4 Å². The second kappa shape index (κ2) is 8.71. The highest BCUT2D eigenvalue weighted by atomic mass is 19.4. The van der Waals surface area contributed by atoms with Crippen LogP contribution in [0.15, 0.2) is 66.7 Å². The van der Waals surface area contributed by atoms with E-state index in [1.165, 1.54) is 12.1 Å². The second-order valence-electron chi connectivity index (χ2n) is 6.64. The number of alkyl halides is 3. The average molecular weight is 424 g/mol. The summed E-state index contributed by atoms with van der Waals surface area (Å²) in [5.41, 5.74) is 1.05. The molecular formula is C23H15F3N2O3. The Morgan fingerprint density at radius 1 is 1.06 bits per heavy atom. The van der Waals surface area contributed by atoms with Crippen LogP contribution >= 0.6 is 0 Å². The first-order chi connectivity index (χ1) is 14.7. The van der Waals surface area contributed by atoms with Gasteiger partial charge in [0.05, 0.1) is 22.1 Å². The molecule has 0 amide bonds. The molecule has 0 aromatic heterocycles. The van der Waals surface area contributed by atoms with Crippen LogP contribution in [-0.4, -0.2) is 4.92 Å². The number of benzene rings is 3.